The van der Waals surface area contributed by atoms with Gasteiger partial charge in [-0.25, -0.2) is 4.39 Å². The zero-order valence-electron chi connectivity index (χ0n) is 14.4. The van der Waals surface area contributed by atoms with E-state index in [-0.39, 0.29) is 18.3 Å². The Morgan fingerprint density at radius 1 is 1.17 bits per heavy atom. The first-order valence-electron chi connectivity index (χ1n) is 8.20. The second-order valence-electron chi connectivity index (χ2n) is 6.21. The van der Waals surface area contributed by atoms with Gasteiger partial charge in [-0.1, -0.05) is 38.1 Å². The highest BCUT2D eigenvalue weighted by molar-refractivity contribution is 5.77. The first-order valence-corrected chi connectivity index (χ1v) is 8.20. The van der Waals surface area contributed by atoms with Crippen LogP contribution in [0.2, 0.25) is 0 Å². The SMILES string of the molecule is Cc1ccc(C(C)C)c(OCC(=O)NCCc2ccc(F)cc2)c1. The van der Waals surface area contributed by atoms with E-state index >= 15 is 0 Å². The Morgan fingerprint density at radius 2 is 1.88 bits per heavy atom. The van der Waals surface area contributed by atoms with E-state index in [4.69, 9.17) is 4.74 Å². The molecule has 2 aromatic carbocycles. The van der Waals surface area contributed by atoms with Crippen LogP contribution in [0.4, 0.5) is 4.39 Å². The largest absolute Gasteiger partial charge is 0.483 e. The molecule has 4 heteroatoms. The molecular formula is C20H24FNO2. The second-order valence-corrected chi connectivity index (χ2v) is 6.21. The summed E-state index contributed by atoms with van der Waals surface area (Å²) in [6.07, 6.45) is 0.660. The van der Waals surface area contributed by atoms with Gasteiger partial charge in [-0.15, -0.1) is 0 Å². The van der Waals surface area contributed by atoms with Gasteiger partial charge in [0.2, 0.25) is 0 Å². The molecule has 0 aliphatic heterocycles. The van der Waals surface area contributed by atoms with Gasteiger partial charge >= 0.3 is 0 Å². The van der Waals surface area contributed by atoms with Crippen molar-refractivity contribution in [3.05, 3.63) is 65.0 Å². The zero-order chi connectivity index (χ0) is 17.5. The third-order valence-electron chi connectivity index (χ3n) is 3.80. The van der Waals surface area contributed by atoms with Crippen LogP contribution in [-0.4, -0.2) is 19.1 Å². The molecule has 24 heavy (non-hydrogen) atoms. The topological polar surface area (TPSA) is 38.3 Å². The monoisotopic (exact) mass is 329 g/mol. The van der Waals surface area contributed by atoms with E-state index in [1.165, 1.54) is 12.1 Å². The van der Waals surface area contributed by atoms with Crippen LogP contribution in [0.25, 0.3) is 0 Å². The number of ether oxygens (including phenoxy) is 1. The van der Waals surface area contributed by atoms with Gasteiger partial charge in [0, 0.05) is 6.54 Å². The maximum Gasteiger partial charge on any atom is 0.257 e. The maximum atomic E-state index is 12.8. The Bertz CT molecular complexity index is 681. The number of amides is 1. The Morgan fingerprint density at radius 3 is 2.54 bits per heavy atom. The fourth-order valence-electron chi connectivity index (χ4n) is 2.44. The first kappa shape index (κ1) is 18.0. The number of halogens is 1. The Hall–Kier alpha value is -2.36. The standard InChI is InChI=1S/C20H24FNO2/c1-14(2)18-9-4-15(3)12-19(18)24-13-20(23)22-11-10-16-5-7-17(21)8-6-16/h4-9,12,14H,10-11,13H2,1-3H3,(H,22,23). The highest BCUT2D eigenvalue weighted by Crippen LogP contribution is 2.27. The molecule has 0 saturated carbocycles. The summed E-state index contributed by atoms with van der Waals surface area (Å²) in [5.74, 6) is 0.685. The lowest BCUT2D eigenvalue weighted by molar-refractivity contribution is -0.123. The minimum absolute atomic E-state index is 0.00735. The molecule has 0 fully saturated rings. The van der Waals surface area contributed by atoms with Crippen LogP contribution in [0.15, 0.2) is 42.5 Å². The van der Waals surface area contributed by atoms with Crippen LogP contribution in [-0.2, 0) is 11.2 Å². The lowest BCUT2D eigenvalue weighted by Gasteiger charge is -2.14. The quantitative estimate of drug-likeness (QED) is 0.834. The summed E-state index contributed by atoms with van der Waals surface area (Å²) >= 11 is 0. The average molecular weight is 329 g/mol. The molecule has 2 rings (SSSR count). The van der Waals surface area contributed by atoms with Gasteiger partial charge in [0.1, 0.15) is 11.6 Å². The van der Waals surface area contributed by atoms with Crippen molar-refractivity contribution in [2.45, 2.75) is 33.1 Å². The number of carbonyl (C=O) groups is 1. The highest BCUT2D eigenvalue weighted by Gasteiger charge is 2.10. The van der Waals surface area contributed by atoms with E-state index in [0.29, 0.717) is 18.9 Å². The molecule has 0 bridgehead atoms. The zero-order valence-corrected chi connectivity index (χ0v) is 14.4. The summed E-state index contributed by atoms with van der Waals surface area (Å²) in [5.41, 5.74) is 3.18. The lowest BCUT2D eigenvalue weighted by atomic mass is 10.0. The molecular weight excluding hydrogens is 305 g/mol. The second kappa shape index (κ2) is 8.48. The molecule has 0 unspecified atom stereocenters. The maximum absolute atomic E-state index is 12.8. The molecule has 0 aromatic heterocycles. The molecule has 0 saturated heterocycles. The Balaban J connectivity index is 1.81. The summed E-state index contributed by atoms with van der Waals surface area (Å²) in [6, 6.07) is 12.3. The molecule has 0 aliphatic rings. The van der Waals surface area contributed by atoms with Gasteiger partial charge in [-0.05, 0) is 54.2 Å². The van der Waals surface area contributed by atoms with Crippen molar-refractivity contribution < 1.29 is 13.9 Å². The third kappa shape index (κ3) is 5.37. The van der Waals surface area contributed by atoms with Crippen molar-refractivity contribution in [2.24, 2.45) is 0 Å². The molecule has 2 aromatic rings. The van der Waals surface area contributed by atoms with E-state index in [0.717, 1.165) is 22.4 Å². The van der Waals surface area contributed by atoms with Crippen molar-refractivity contribution in [3.63, 3.8) is 0 Å². The molecule has 0 radical (unpaired) electrons. The van der Waals surface area contributed by atoms with Crippen molar-refractivity contribution in [3.8, 4) is 5.75 Å². The summed E-state index contributed by atoms with van der Waals surface area (Å²) in [4.78, 5) is 11.9. The number of hydrogen-bond acceptors (Lipinski definition) is 2. The number of hydrogen-bond donors (Lipinski definition) is 1. The number of carbonyl (C=O) groups excluding carboxylic acids is 1. The lowest BCUT2D eigenvalue weighted by Crippen LogP contribution is -2.30. The van der Waals surface area contributed by atoms with Gasteiger partial charge < -0.3 is 10.1 Å². The average Bonchev–Trinajstić information content (AvgIpc) is 2.54. The number of rotatable bonds is 7. The van der Waals surface area contributed by atoms with Gasteiger partial charge in [0.25, 0.3) is 5.91 Å². The van der Waals surface area contributed by atoms with Crippen molar-refractivity contribution in [2.75, 3.05) is 13.2 Å². The summed E-state index contributed by atoms with van der Waals surface area (Å²) in [7, 11) is 0. The van der Waals surface area contributed by atoms with Gasteiger partial charge in [-0.3, -0.25) is 4.79 Å². The third-order valence-corrected chi connectivity index (χ3v) is 3.80. The predicted molar refractivity (Wildman–Crippen MR) is 93.9 cm³/mol. The van der Waals surface area contributed by atoms with E-state index < -0.39 is 0 Å². The van der Waals surface area contributed by atoms with E-state index in [1.54, 1.807) is 12.1 Å². The van der Waals surface area contributed by atoms with Crippen LogP contribution in [0.1, 0.15) is 36.5 Å². The molecule has 0 atom stereocenters. The molecule has 1 N–H and O–H groups in total. The molecule has 128 valence electrons. The highest BCUT2D eigenvalue weighted by atomic mass is 19.1. The van der Waals surface area contributed by atoms with E-state index in [2.05, 4.69) is 19.2 Å². The minimum Gasteiger partial charge on any atom is -0.483 e. The van der Waals surface area contributed by atoms with Crippen LogP contribution < -0.4 is 10.1 Å². The summed E-state index contributed by atoms with van der Waals surface area (Å²) in [6.45, 7) is 6.69. The Labute approximate surface area is 142 Å². The minimum atomic E-state index is -0.254. The fraction of sp³-hybridized carbons (Fsp3) is 0.350. The number of aryl methyl sites for hydroxylation is 1. The van der Waals surface area contributed by atoms with Gasteiger partial charge in [-0.2, -0.15) is 0 Å². The molecule has 1 amide bonds. The van der Waals surface area contributed by atoms with E-state index in [1.807, 2.05) is 25.1 Å². The summed E-state index contributed by atoms with van der Waals surface area (Å²) < 4.78 is 18.5. The Kier molecular flexibility index (Phi) is 6.36. The van der Waals surface area contributed by atoms with Crippen LogP contribution in [0, 0.1) is 12.7 Å². The smallest absolute Gasteiger partial charge is 0.257 e. The normalized spacial score (nSPS) is 10.7. The number of nitrogens with one attached hydrogen (secondary N) is 1. The predicted octanol–water partition coefficient (Wildman–Crippen LogP) is 4.00. The number of benzene rings is 2. The molecule has 3 nitrogen and oxygen atoms in total. The van der Waals surface area contributed by atoms with Crippen molar-refractivity contribution in [1.29, 1.82) is 0 Å². The molecule has 0 spiro atoms. The van der Waals surface area contributed by atoms with Gasteiger partial charge in [0.05, 0.1) is 0 Å². The van der Waals surface area contributed by atoms with Gasteiger partial charge in [0.15, 0.2) is 6.61 Å². The van der Waals surface area contributed by atoms with Crippen LogP contribution >= 0.6 is 0 Å². The van der Waals surface area contributed by atoms with E-state index in [9.17, 15) is 9.18 Å². The summed E-state index contributed by atoms with van der Waals surface area (Å²) in [5, 5.41) is 2.82. The van der Waals surface area contributed by atoms with Crippen LogP contribution in [0.5, 0.6) is 5.75 Å². The van der Waals surface area contributed by atoms with Crippen LogP contribution in [0.3, 0.4) is 0 Å². The fourth-order valence-corrected chi connectivity index (χ4v) is 2.44. The first-order chi connectivity index (χ1) is 11.5. The molecule has 0 heterocycles. The molecule has 0 aliphatic carbocycles. The van der Waals surface area contributed by atoms with Crippen molar-refractivity contribution in [1.82, 2.24) is 5.32 Å². The van der Waals surface area contributed by atoms with Crippen molar-refractivity contribution >= 4 is 5.91 Å².